The fourth-order valence-corrected chi connectivity index (χ4v) is 1.41. The summed E-state index contributed by atoms with van der Waals surface area (Å²) >= 11 is 0. The van der Waals surface area contributed by atoms with Gasteiger partial charge in [-0.15, -0.1) is 12.3 Å². The van der Waals surface area contributed by atoms with E-state index < -0.39 is 0 Å². The zero-order chi connectivity index (χ0) is 11.4. The Balaban J connectivity index is 2.18. The minimum Gasteiger partial charge on any atom is -0.424 e. The second-order valence-corrected chi connectivity index (χ2v) is 3.42. The molecule has 82 valence electrons. The predicted molar refractivity (Wildman–Crippen MR) is 62.0 cm³/mol. The highest BCUT2D eigenvalue weighted by Gasteiger charge is 2.10. The highest BCUT2D eigenvalue weighted by atomic mass is 16.4. The average Bonchev–Trinajstić information content (AvgIpc) is 2.70. The summed E-state index contributed by atoms with van der Waals surface area (Å²) < 4.78 is 5.44. The van der Waals surface area contributed by atoms with Crippen LogP contribution in [0.3, 0.4) is 0 Å². The van der Waals surface area contributed by atoms with Gasteiger partial charge in [-0.25, -0.2) is 0 Å². The van der Waals surface area contributed by atoms with Crippen LogP contribution in [0.2, 0.25) is 0 Å². The Morgan fingerprint density at radius 2 is 2.31 bits per heavy atom. The largest absolute Gasteiger partial charge is 0.424 e. The lowest BCUT2D eigenvalue weighted by atomic mass is 10.2. The molecule has 1 heterocycles. The molecule has 0 saturated carbocycles. The number of fused-ring (bicyclic) bond motifs is 1. The first-order valence-electron chi connectivity index (χ1n) is 5.00. The van der Waals surface area contributed by atoms with Crippen LogP contribution in [0.1, 0.15) is 6.42 Å². The van der Waals surface area contributed by atoms with Crippen molar-refractivity contribution in [1.82, 2.24) is 4.98 Å². The van der Waals surface area contributed by atoms with Gasteiger partial charge in [0.05, 0.1) is 12.6 Å². The van der Waals surface area contributed by atoms with Crippen LogP contribution in [0.4, 0.5) is 6.01 Å². The number of hydrogen-bond acceptors (Lipinski definition) is 4. The van der Waals surface area contributed by atoms with E-state index in [1.165, 1.54) is 0 Å². The molecule has 1 aromatic carbocycles. The highest BCUT2D eigenvalue weighted by molar-refractivity contribution is 5.74. The van der Waals surface area contributed by atoms with E-state index in [4.69, 9.17) is 15.9 Å². The van der Waals surface area contributed by atoms with Gasteiger partial charge in [-0.05, 0) is 12.1 Å². The average molecular weight is 216 g/mol. The van der Waals surface area contributed by atoms with Gasteiger partial charge >= 0.3 is 0 Å². The zero-order valence-corrected chi connectivity index (χ0v) is 8.68. The van der Waals surface area contributed by atoms with Gasteiger partial charge in [0.2, 0.25) is 0 Å². The third-order valence-corrected chi connectivity index (χ3v) is 2.21. The standard InChI is InChI=1S/C12H12N2O2/c1-2-5-9(8-15)13-12-14-10-6-3-4-7-11(10)16-12/h1,3-4,6-7,9,15H,5,8H2,(H,13,14). The second kappa shape index (κ2) is 4.69. The molecule has 2 N–H and O–H groups in total. The van der Waals surface area contributed by atoms with Crippen molar-refractivity contribution < 1.29 is 9.52 Å². The lowest BCUT2D eigenvalue weighted by Crippen LogP contribution is -2.23. The van der Waals surface area contributed by atoms with Crippen molar-refractivity contribution in [3.63, 3.8) is 0 Å². The molecule has 0 aliphatic carbocycles. The zero-order valence-electron chi connectivity index (χ0n) is 8.68. The number of oxazole rings is 1. The lowest BCUT2D eigenvalue weighted by Gasteiger charge is -2.10. The van der Waals surface area contributed by atoms with Crippen LogP contribution >= 0.6 is 0 Å². The van der Waals surface area contributed by atoms with Crippen LogP contribution in [0.15, 0.2) is 28.7 Å². The summed E-state index contributed by atoms with van der Waals surface area (Å²) in [6.07, 6.45) is 5.61. The van der Waals surface area contributed by atoms with Crippen LogP contribution in [0, 0.1) is 12.3 Å². The van der Waals surface area contributed by atoms with Crippen LogP contribution in [0.25, 0.3) is 11.1 Å². The Morgan fingerprint density at radius 3 is 3.00 bits per heavy atom. The SMILES string of the molecule is C#CCC(CO)Nc1nc2ccccc2o1. The van der Waals surface area contributed by atoms with E-state index in [0.717, 1.165) is 5.52 Å². The Kier molecular flexibility index (Phi) is 3.08. The number of terminal acetylenes is 1. The highest BCUT2D eigenvalue weighted by Crippen LogP contribution is 2.18. The van der Waals surface area contributed by atoms with Gasteiger partial charge in [-0.3, -0.25) is 0 Å². The minimum atomic E-state index is -0.224. The van der Waals surface area contributed by atoms with Crippen molar-refractivity contribution in [2.24, 2.45) is 0 Å². The fraction of sp³-hybridized carbons (Fsp3) is 0.250. The predicted octanol–water partition coefficient (Wildman–Crippen LogP) is 1.62. The molecule has 0 fully saturated rings. The molecule has 1 unspecified atom stereocenters. The van der Waals surface area contributed by atoms with Crippen molar-refractivity contribution in [1.29, 1.82) is 0 Å². The first-order valence-corrected chi connectivity index (χ1v) is 5.00. The number of anilines is 1. The normalized spacial score (nSPS) is 12.2. The third kappa shape index (κ3) is 2.15. The van der Waals surface area contributed by atoms with Gasteiger partial charge in [-0.1, -0.05) is 12.1 Å². The number of para-hydroxylation sites is 2. The number of aromatic nitrogens is 1. The Hall–Kier alpha value is -1.99. The van der Waals surface area contributed by atoms with E-state index in [-0.39, 0.29) is 12.6 Å². The molecular weight excluding hydrogens is 204 g/mol. The molecule has 16 heavy (non-hydrogen) atoms. The Bertz CT molecular complexity index is 480. The first kappa shape index (κ1) is 10.5. The fourth-order valence-electron chi connectivity index (χ4n) is 1.41. The molecule has 2 rings (SSSR count). The van der Waals surface area contributed by atoms with Gasteiger partial charge in [0.15, 0.2) is 5.58 Å². The molecule has 1 aromatic heterocycles. The summed E-state index contributed by atoms with van der Waals surface area (Å²) in [4.78, 5) is 4.23. The van der Waals surface area contributed by atoms with Gasteiger partial charge in [0.1, 0.15) is 5.52 Å². The molecule has 4 heteroatoms. The van der Waals surface area contributed by atoms with E-state index in [2.05, 4.69) is 16.2 Å². The summed E-state index contributed by atoms with van der Waals surface area (Å²) in [7, 11) is 0. The van der Waals surface area contributed by atoms with Crippen molar-refractivity contribution in [2.45, 2.75) is 12.5 Å². The van der Waals surface area contributed by atoms with Crippen molar-refractivity contribution in [2.75, 3.05) is 11.9 Å². The van der Waals surface area contributed by atoms with E-state index >= 15 is 0 Å². The number of nitrogens with zero attached hydrogens (tertiary/aromatic N) is 1. The summed E-state index contributed by atoms with van der Waals surface area (Å²) in [5.74, 6) is 2.48. The first-order chi connectivity index (χ1) is 7.83. The van der Waals surface area contributed by atoms with Crippen LogP contribution < -0.4 is 5.32 Å². The van der Waals surface area contributed by atoms with Crippen molar-refractivity contribution >= 4 is 17.1 Å². The van der Waals surface area contributed by atoms with Crippen molar-refractivity contribution in [3.8, 4) is 12.3 Å². The van der Waals surface area contributed by atoms with Crippen LogP contribution in [-0.4, -0.2) is 22.7 Å². The monoisotopic (exact) mass is 216 g/mol. The second-order valence-electron chi connectivity index (χ2n) is 3.42. The van der Waals surface area contributed by atoms with Gasteiger partial charge in [-0.2, -0.15) is 4.98 Å². The van der Waals surface area contributed by atoms with Crippen LogP contribution in [0.5, 0.6) is 0 Å². The molecule has 0 amide bonds. The number of benzene rings is 1. The van der Waals surface area contributed by atoms with Gasteiger partial charge < -0.3 is 14.8 Å². The summed E-state index contributed by atoms with van der Waals surface area (Å²) in [5, 5.41) is 12.0. The smallest absolute Gasteiger partial charge is 0.296 e. The summed E-state index contributed by atoms with van der Waals surface area (Å²) in [6, 6.07) is 7.62. The number of rotatable bonds is 4. The van der Waals surface area contributed by atoms with E-state index in [1.54, 1.807) is 0 Å². The molecule has 0 spiro atoms. The topological polar surface area (TPSA) is 58.3 Å². The van der Waals surface area contributed by atoms with E-state index in [9.17, 15) is 0 Å². The number of nitrogens with one attached hydrogen (secondary N) is 1. The Morgan fingerprint density at radius 1 is 1.50 bits per heavy atom. The minimum absolute atomic E-state index is 0.0527. The molecule has 0 aliphatic rings. The lowest BCUT2D eigenvalue weighted by molar-refractivity contribution is 0.274. The molecule has 2 aromatic rings. The number of aliphatic hydroxyl groups is 1. The number of hydrogen-bond donors (Lipinski definition) is 2. The van der Waals surface area contributed by atoms with E-state index in [1.807, 2.05) is 24.3 Å². The summed E-state index contributed by atoms with van der Waals surface area (Å²) in [5.41, 5.74) is 1.49. The maximum absolute atomic E-state index is 9.07. The quantitative estimate of drug-likeness (QED) is 0.762. The maximum atomic E-state index is 9.07. The van der Waals surface area contributed by atoms with E-state index in [0.29, 0.717) is 18.0 Å². The summed E-state index contributed by atoms with van der Waals surface area (Å²) in [6.45, 7) is -0.0527. The molecular formula is C12H12N2O2. The molecule has 0 aliphatic heterocycles. The number of aliphatic hydroxyl groups excluding tert-OH is 1. The van der Waals surface area contributed by atoms with Crippen LogP contribution in [-0.2, 0) is 0 Å². The molecule has 0 radical (unpaired) electrons. The maximum Gasteiger partial charge on any atom is 0.296 e. The van der Waals surface area contributed by atoms with Gasteiger partial charge in [0, 0.05) is 6.42 Å². The third-order valence-electron chi connectivity index (χ3n) is 2.21. The molecule has 4 nitrogen and oxygen atoms in total. The van der Waals surface area contributed by atoms with Gasteiger partial charge in [0.25, 0.3) is 6.01 Å². The Labute approximate surface area is 93.3 Å². The van der Waals surface area contributed by atoms with Crippen molar-refractivity contribution in [3.05, 3.63) is 24.3 Å². The molecule has 0 bridgehead atoms. The molecule has 1 atom stereocenters. The molecule has 0 saturated heterocycles.